The van der Waals surface area contributed by atoms with Crippen LogP contribution in [-0.4, -0.2) is 38.0 Å². The van der Waals surface area contributed by atoms with E-state index < -0.39 is 0 Å². The van der Waals surface area contributed by atoms with Crippen LogP contribution in [0, 0.1) is 5.41 Å². The summed E-state index contributed by atoms with van der Waals surface area (Å²) >= 11 is 0. The quantitative estimate of drug-likeness (QED) is 0.653. The van der Waals surface area contributed by atoms with E-state index in [2.05, 4.69) is 12.2 Å². The first-order valence-corrected chi connectivity index (χ1v) is 4.46. The molecule has 0 bridgehead atoms. The Hall–Kier alpha value is -0.570. The third kappa shape index (κ3) is 1.97. The van der Waals surface area contributed by atoms with Crippen molar-refractivity contribution in [3.05, 3.63) is 0 Å². The molecule has 0 aromatic heterocycles. The Labute approximate surface area is 74.1 Å². The highest BCUT2D eigenvalue weighted by Crippen LogP contribution is 2.29. The van der Waals surface area contributed by atoms with Crippen LogP contribution in [0.15, 0.2) is 0 Å². The fourth-order valence-electron chi connectivity index (χ4n) is 1.73. The molecule has 1 rings (SSSR count). The number of piperidine rings is 1. The highest BCUT2D eigenvalue weighted by Gasteiger charge is 2.32. The summed E-state index contributed by atoms with van der Waals surface area (Å²) in [6.45, 7) is 4.01. The summed E-state index contributed by atoms with van der Waals surface area (Å²) < 4.78 is 0. The van der Waals surface area contributed by atoms with Gasteiger partial charge in [-0.1, -0.05) is 6.92 Å². The Morgan fingerprint density at radius 1 is 1.67 bits per heavy atom. The van der Waals surface area contributed by atoms with Crippen LogP contribution in [0.3, 0.4) is 0 Å². The number of carbonyl (C=O) groups is 1. The number of nitrogens with zero attached hydrogens (tertiary/aromatic N) is 1. The van der Waals surface area contributed by atoms with Crippen molar-refractivity contribution in [1.82, 2.24) is 10.2 Å². The second-order valence-electron chi connectivity index (χ2n) is 4.08. The minimum absolute atomic E-state index is 0.179. The molecule has 1 heterocycles. The van der Waals surface area contributed by atoms with Crippen molar-refractivity contribution < 1.29 is 4.79 Å². The predicted molar refractivity (Wildman–Crippen MR) is 48.9 cm³/mol. The maximum Gasteiger partial charge on any atom is 0.222 e. The molecule has 1 unspecified atom stereocenters. The molecule has 0 aromatic carbocycles. The zero-order valence-electron chi connectivity index (χ0n) is 8.18. The largest absolute Gasteiger partial charge is 0.346 e. The van der Waals surface area contributed by atoms with E-state index in [0.717, 1.165) is 19.5 Å². The average Bonchev–Trinajstić information content (AvgIpc) is 1.98. The fraction of sp³-hybridized carbons (Fsp3) is 0.889. The van der Waals surface area contributed by atoms with Gasteiger partial charge in [0, 0.05) is 26.6 Å². The van der Waals surface area contributed by atoms with Gasteiger partial charge in [0.15, 0.2) is 0 Å². The van der Waals surface area contributed by atoms with Gasteiger partial charge in [0.2, 0.25) is 5.91 Å². The Morgan fingerprint density at radius 2 is 2.33 bits per heavy atom. The first kappa shape index (κ1) is 9.52. The van der Waals surface area contributed by atoms with Crippen molar-refractivity contribution in [3.8, 4) is 0 Å². The molecule has 1 saturated heterocycles. The number of hydrogen-bond acceptors (Lipinski definition) is 2. The van der Waals surface area contributed by atoms with Gasteiger partial charge in [-0.15, -0.1) is 0 Å². The normalized spacial score (nSPS) is 30.9. The number of rotatable bonds is 2. The summed E-state index contributed by atoms with van der Waals surface area (Å²) in [6.07, 6.45) is 1.79. The van der Waals surface area contributed by atoms with Gasteiger partial charge in [0.1, 0.15) is 0 Å². The van der Waals surface area contributed by atoms with Crippen molar-refractivity contribution in [3.63, 3.8) is 0 Å². The lowest BCUT2D eigenvalue weighted by molar-refractivity contribution is -0.135. The molecule has 3 nitrogen and oxygen atoms in total. The van der Waals surface area contributed by atoms with E-state index in [0.29, 0.717) is 6.42 Å². The number of likely N-dealkylation sites (tertiary alicyclic amines) is 1. The van der Waals surface area contributed by atoms with E-state index in [1.54, 1.807) is 0 Å². The number of amides is 1. The summed E-state index contributed by atoms with van der Waals surface area (Å²) in [5.41, 5.74) is 0.179. The van der Waals surface area contributed by atoms with Crippen LogP contribution in [0.2, 0.25) is 0 Å². The Morgan fingerprint density at radius 3 is 2.83 bits per heavy atom. The molecule has 1 fully saturated rings. The summed E-state index contributed by atoms with van der Waals surface area (Å²) in [5, 5.41) is 3.14. The average molecular weight is 170 g/mol. The molecule has 70 valence electrons. The SMILES string of the molecule is CNCC1(C)CCN(C)C(=O)C1. The molecule has 1 N–H and O–H groups in total. The molecule has 1 amide bonds. The summed E-state index contributed by atoms with van der Waals surface area (Å²) in [4.78, 5) is 13.2. The van der Waals surface area contributed by atoms with E-state index in [1.165, 1.54) is 0 Å². The molecule has 3 heteroatoms. The van der Waals surface area contributed by atoms with Crippen LogP contribution in [0.4, 0.5) is 0 Å². The first-order valence-electron chi connectivity index (χ1n) is 4.46. The van der Waals surface area contributed by atoms with Gasteiger partial charge < -0.3 is 10.2 Å². The van der Waals surface area contributed by atoms with Crippen molar-refractivity contribution in [2.24, 2.45) is 5.41 Å². The lowest BCUT2D eigenvalue weighted by Gasteiger charge is -2.37. The second kappa shape index (κ2) is 3.44. The van der Waals surface area contributed by atoms with Crippen LogP contribution in [-0.2, 0) is 4.79 Å². The van der Waals surface area contributed by atoms with Gasteiger partial charge in [0.25, 0.3) is 0 Å². The predicted octanol–water partition coefficient (Wildman–Crippen LogP) is 0.464. The second-order valence-corrected chi connectivity index (χ2v) is 4.08. The number of nitrogens with one attached hydrogen (secondary N) is 1. The Kier molecular flexibility index (Phi) is 2.73. The van der Waals surface area contributed by atoms with Crippen molar-refractivity contribution in [2.75, 3.05) is 27.2 Å². The maximum absolute atomic E-state index is 11.4. The van der Waals surface area contributed by atoms with Crippen LogP contribution < -0.4 is 5.32 Å². The van der Waals surface area contributed by atoms with Gasteiger partial charge in [-0.3, -0.25) is 4.79 Å². The zero-order valence-corrected chi connectivity index (χ0v) is 8.18. The molecule has 0 radical (unpaired) electrons. The molecule has 1 atom stereocenters. The summed E-state index contributed by atoms with van der Waals surface area (Å²) in [7, 11) is 3.81. The van der Waals surface area contributed by atoms with E-state index in [9.17, 15) is 4.79 Å². The van der Waals surface area contributed by atoms with Crippen molar-refractivity contribution in [2.45, 2.75) is 19.8 Å². The lowest BCUT2D eigenvalue weighted by Crippen LogP contribution is -2.44. The smallest absolute Gasteiger partial charge is 0.222 e. The molecule has 1 aliphatic heterocycles. The third-order valence-electron chi connectivity index (χ3n) is 2.66. The van der Waals surface area contributed by atoms with Gasteiger partial charge in [0.05, 0.1) is 0 Å². The van der Waals surface area contributed by atoms with Crippen LogP contribution >= 0.6 is 0 Å². The van der Waals surface area contributed by atoms with E-state index in [1.807, 2.05) is 19.0 Å². The molecule has 0 aromatic rings. The highest BCUT2D eigenvalue weighted by molar-refractivity contribution is 5.77. The summed E-state index contributed by atoms with van der Waals surface area (Å²) in [5.74, 6) is 0.277. The molecule has 0 saturated carbocycles. The van der Waals surface area contributed by atoms with Gasteiger partial charge >= 0.3 is 0 Å². The zero-order chi connectivity index (χ0) is 9.19. The van der Waals surface area contributed by atoms with Crippen molar-refractivity contribution >= 4 is 5.91 Å². The molecular weight excluding hydrogens is 152 g/mol. The topological polar surface area (TPSA) is 32.3 Å². The number of carbonyl (C=O) groups excluding carboxylic acids is 1. The van der Waals surface area contributed by atoms with E-state index in [4.69, 9.17) is 0 Å². The summed E-state index contributed by atoms with van der Waals surface area (Å²) in [6, 6.07) is 0. The Balaban J connectivity index is 2.54. The van der Waals surface area contributed by atoms with Crippen LogP contribution in [0.5, 0.6) is 0 Å². The fourth-order valence-corrected chi connectivity index (χ4v) is 1.73. The van der Waals surface area contributed by atoms with Gasteiger partial charge in [-0.05, 0) is 18.9 Å². The minimum Gasteiger partial charge on any atom is -0.346 e. The first-order chi connectivity index (χ1) is 5.57. The Bertz CT molecular complexity index is 181. The lowest BCUT2D eigenvalue weighted by atomic mass is 9.80. The molecule has 0 spiro atoms. The maximum atomic E-state index is 11.4. The molecule has 0 aliphatic carbocycles. The molecule has 1 aliphatic rings. The standard InChI is InChI=1S/C9H18N2O/c1-9(7-10-2)4-5-11(3)8(12)6-9/h10H,4-7H2,1-3H3. The van der Waals surface area contributed by atoms with Crippen molar-refractivity contribution in [1.29, 1.82) is 0 Å². The van der Waals surface area contributed by atoms with Gasteiger partial charge in [-0.25, -0.2) is 0 Å². The van der Waals surface area contributed by atoms with E-state index >= 15 is 0 Å². The monoisotopic (exact) mass is 170 g/mol. The van der Waals surface area contributed by atoms with Gasteiger partial charge in [-0.2, -0.15) is 0 Å². The molecular formula is C9H18N2O. The minimum atomic E-state index is 0.179. The van der Waals surface area contributed by atoms with E-state index in [-0.39, 0.29) is 11.3 Å². The third-order valence-corrected chi connectivity index (χ3v) is 2.66. The highest BCUT2D eigenvalue weighted by atomic mass is 16.2. The van der Waals surface area contributed by atoms with Crippen LogP contribution in [0.25, 0.3) is 0 Å². The number of hydrogen-bond donors (Lipinski definition) is 1. The molecule has 12 heavy (non-hydrogen) atoms. The van der Waals surface area contributed by atoms with Crippen LogP contribution in [0.1, 0.15) is 19.8 Å².